The van der Waals surface area contributed by atoms with E-state index < -0.39 is 30.1 Å². The van der Waals surface area contributed by atoms with E-state index in [1.54, 1.807) is 60.7 Å². The van der Waals surface area contributed by atoms with Crippen molar-refractivity contribution < 1.29 is 27.6 Å². The summed E-state index contributed by atoms with van der Waals surface area (Å²) in [4.78, 5) is 42.7. The van der Waals surface area contributed by atoms with E-state index in [1.165, 1.54) is 17.2 Å². The number of benzene rings is 2. The molecule has 0 atom stereocenters. The molecule has 2 aromatic carbocycles. The van der Waals surface area contributed by atoms with Crippen molar-refractivity contribution in [2.24, 2.45) is 0 Å². The van der Waals surface area contributed by atoms with E-state index in [2.05, 4.69) is 5.32 Å². The number of aryl methyl sites for hydroxylation is 1. The Balaban J connectivity index is 2.04. The Hall–Kier alpha value is -4.44. The summed E-state index contributed by atoms with van der Waals surface area (Å²) in [5.74, 6) is -1.78. The van der Waals surface area contributed by atoms with Crippen LogP contribution in [0.1, 0.15) is 18.9 Å². The van der Waals surface area contributed by atoms with Crippen molar-refractivity contribution in [3.8, 4) is 6.07 Å². The number of nitrogens with zero attached hydrogens (tertiary/aromatic N) is 4. The van der Waals surface area contributed by atoms with Crippen LogP contribution < -0.4 is 20.4 Å². The first-order valence-corrected chi connectivity index (χ1v) is 14.4. The molecule has 0 saturated carbocycles. The maximum absolute atomic E-state index is 12.9. The van der Waals surface area contributed by atoms with Crippen LogP contribution in [0, 0.1) is 18.3 Å². The summed E-state index contributed by atoms with van der Waals surface area (Å²) in [7, 11) is 3.54. The van der Waals surface area contributed by atoms with Gasteiger partial charge in [0.15, 0.2) is 0 Å². The van der Waals surface area contributed by atoms with Crippen LogP contribution in [0.25, 0.3) is 0 Å². The molecule has 0 radical (unpaired) electrons. The van der Waals surface area contributed by atoms with E-state index in [1.807, 2.05) is 43.1 Å². The Morgan fingerprint density at radius 3 is 2.33 bits per heavy atom. The first-order valence-electron chi connectivity index (χ1n) is 13.2. The fourth-order valence-electron chi connectivity index (χ4n) is 3.88. The minimum atomic E-state index is -4.64. The van der Waals surface area contributed by atoms with Gasteiger partial charge < -0.3 is 25.3 Å². The monoisotopic (exact) mass is 616 g/mol. The molecule has 0 bridgehead atoms. The lowest BCUT2D eigenvalue weighted by Crippen LogP contribution is -2.37. The summed E-state index contributed by atoms with van der Waals surface area (Å²) in [6, 6.07) is 16.6. The van der Waals surface area contributed by atoms with Crippen LogP contribution in [0.2, 0.25) is 0 Å². The van der Waals surface area contributed by atoms with Gasteiger partial charge in [-0.2, -0.15) is 18.4 Å². The van der Waals surface area contributed by atoms with Crippen molar-refractivity contribution in [3.05, 3.63) is 77.0 Å². The maximum Gasteiger partial charge on any atom is 0.405 e. The average Bonchev–Trinajstić information content (AvgIpc) is 2.97. The number of nitriles is 1. The fraction of sp³-hybridized carbons (Fsp3) is 0.333. The van der Waals surface area contributed by atoms with Crippen LogP contribution in [0.4, 0.5) is 30.2 Å². The van der Waals surface area contributed by atoms with Crippen molar-refractivity contribution in [1.82, 2.24) is 10.2 Å². The Kier molecular flexibility index (Phi) is 13.1. The van der Waals surface area contributed by atoms with Crippen LogP contribution in [0.3, 0.4) is 0 Å². The lowest BCUT2D eigenvalue weighted by molar-refractivity contribution is -0.136. The van der Waals surface area contributed by atoms with Gasteiger partial charge in [-0.25, -0.2) is 0 Å². The molecule has 230 valence electrons. The average molecular weight is 617 g/mol. The molecule has 43 heavy (non-hydrogen) atoms. The molecule has 2 aromatic rings. The summed E-state index contributed by atoms with van der Waals surface area (Å²) < 4.78 is 37.5. The molecule has 0 aliphatic carbocycles. The zero-order valence-electron chi connectivity index (χ0n) is 24.7. The van der Waals surface area contributed by atoms with Crippen LogP contribution in [-0.4, -0.2) is 68.8 Å². The Morgan fingerprint density at radius 1 is 1.05 bits per heavy atom. The lowest BCUT2D eigenvalue weighted by Gasteiger charge is -2.24. The number of likely N-dealkylation sites (N-methyl/N-ethyl adjacent to an activating group) is 2. The van der Waals surface area contributed by atoms with Crippen molar-refractivity contribution in [3.63, 3.8) is 0 Å². The molecule has 0 saturated heterocycles. The summed E-state index contributed by atoms with van der Waals surface area (Å²) in [6.45, 7) is 2.29. The molecule has 0 aromatic heterocycles. The molecule has 0 fully saturated rings. The van der Waals surface area contributed by atoms with E-state index in [9.17, 15) is 32.8 Å². The first-order chi connectivity index (χ1) is 20.3. The Bertz CT molecular complexity index is 1400. The third-order valence-corrected chi connectivity index (χ3v) is 6.95. The smallest absolute Gasteiger partial charge is 0.365 e. The predicted molar refractivity (Wildman–Crippen MR) is 164 cm³/mol. The van der Waals surface area contributed by atoms with Crippen LogP contribution in [0.5, 0.6) is 0 Å². The molecule has 2 rings (SSSR count). The van der Waals surface area contributed by atoms with Crippen LogP contribution in [-0.2, 0) is 14.4 Å². The topological polar surface area (TPSA) is 109 Å². The van der Waals surface area contributed by atoms with Gasteiger partial charge in [-0.3, -0.25) is 14.4 Å². The number of hydrogen-bond acceptors (Lipinski definition) is 7. The maximum atomic E-state index is 12.9. The zero-order chi connectivity index (χ0) is 32.2. The molecule has 2 N–H and O–H groups in total. The number of alkyl halides is 3. The number of rotatable bonds is 13. The van der Waals surface area contributed by atoms with Gasteiger partial charge >= 0.3 is 6.18 Å². The van der Waals surface area contributed by atoms with Gasteiger partial charge in [-0.15, -0.1) is 11.8 Å². The molecule has 0 spiro atoms. The number of thioether (sulfide) groups is 1. The Labute approximate surface area is 254 Å². The van der Waals surface area contributed by atoms with E-state index in [0.29, 0.717) is 11.4 Å². The summed E-state index contributed by atoms with van der Waals surface area (Å²) >= 11 is 0.916. The predicted octanol–water partition coefficient (Wildman–Crippen LogP) is 5.04. The lowest BCUT2D eigenvalue weighted by atomic mass is 10.2. The second-order valence-electron chi connectivity index (χ2n) is 9.38. The zero-order valence-corrected chi connectivity index (χ0v) is 25.5. The van der Waals surface area contributed by atoms with Gasteiger partial charge in [-0.05, 0) is 62.2 Å². The number of hydrogen-bond donors (Lipinski definition) is 2. The largest absolute Gasteiger partial charge is 0.405 e. The highest BCUT2D eigenvalue weighted by molar-refractivity contribution is 8.02. The van der Waals surface area contributed by atoms with Crippen LogP contribution >= 0.6 is 11.8 Å². The number of nitrogens with one attached hydrogen (secondary N) is 2. The SMILES string of the molecule is CCN(C(=O)C/C=C\Nc1cccc(N(C)C(=O)CN(C)c2cccc(C)c2)c1)/C(SC)=C(\C#N)C(=O)NCC(F)(F)F. The molecule has 0 unspecified atom stereocenters. The molecule has 3 amide bonds. The van der Waals surface area contributed by atoms with E-state index in [0.717, 1.165) is 23.0 Å². The molecule has 0 aliphatic heterocycles. The molecule has 13 heteroatoms. The van der Waals surface area contributed by atoms with Gasteiger partial charge in [0.2, 0.25) is 11.8 Å². The summed E-state index contributed by atoms with van der Waals surface area (Å²) in [5.41, 5.74) is 2.79. The standard InChI is InChI=1S/C30H35F3N6O3S/c1-6-39(29(43-5)25(18-34)28(42)36-20-30(31,32)33)26(40)14-9-15-35-22-11-8-13-24(17-22)38(4)27(41)19-37(3)23-12-7-10-21(2)16-23/h7-13,15-17,35H,6,14,19-20H2,1-5H3,(H,36,42)/b15-9-,29-25-. The highest BCUT2D eigenvalue weighted by atomic mass is 32.2. The van der Waals surface area contributed by atoms with Gasteiger partial charge in [0, 0.05) is 44.1 Å². The van der Waals surface area contributed by atoms with Gasteiger partial charge in [-0.1, -0.05) is 24.3 Å². The van der Waals surface area contributed by atoms with Crippen molar-refractivity contribution >= 4 is 46.5 Å². The van der Waals surface area contributed by atoms with E-state index in [-0.39, 0.29) is 30.4 Å². The van der Waals surface area contributed by atoms with E-state index >= 15 is 0 Å². The molecule has 0 heterocycles. The second-order valence-corrected chi connectivity index (χ2v) is 10.2. The van der Waals surface area contributed by atoms with E-state index in [4.69, 9.17) is 0 Å². The second kappa shape index (κ2) is 16.3. The van der Waals surface area contributed by atoms with Crippen molar-refractivity contribution in [1.29, 1.82) is 5.26 Å². The molecular weight excluding hydrogens is 581 g/mol. The quantitative estimate of drug-likeness (QED) is 0.240. The molecule has 0 aliphatic rings. The van der Waals surface area contributed by atoms with Crippen LogP contribution in [0.15, 0.2) is 71.4 Å². The third kappa shape index (κ3) is 10.7. The van der Waals surface area contributed by atoms with Crippen molar-refractivity contribution in [2.45, 2.75) is 26.4 Å². The highest BCUT2D eigenvalue weighted by Gasteiger charge is 2.30. The normalized spacial score (nSPS) is 11.8. The van der Waals surface area contributed by atoms with Crippen molar-refractivity contribution in [2.75, 3.05) is 55.1 Å². The number of halogens is 3. The third-order valence-electron chi connectivity index (χ3n) is 6.14. The number of anilines is 3. The number of amides is 3. The number of carbonyl (C=O) groups excluding carboxylic acids is 3. The summed E-state index contributed by atoms with van der Waals surface area (Å²) in [5, 5.41) is 14.1. The first kappa shape index (κ1) is 34.8. The Morgan fingerprint density at radius 2 is 1.72 bits per heavy atom. The van der Waals surface area contributed by atoms with Gasteiger partial charge in [0.25, 0.3) is 5.91 Å². The molecule has 9 nitrogen and oxygen atoms in total. The highest BCUT2D eigenvalue weighted by Crippen LogP contribution is 2.24. The summed E-state index contributed by atoms with van der Waals surface area (Å²) in [6.07, 6.45) is -0.154. The minimum Gasteiger partial charge on any atom is -0.365 e. The fourth-order valence-corrected chi connectivity index (χ4v) is 4.68. The molecular formula is C30H35F3N6O3S. The number of carbonyl (C=O) groups is 3. The van der Waals surface area contributed by atoms with Gasteiger partial charge in [0.1, 0.15) is 23.2 Å². The van der Waals surface area contributed by atoms with Gasteiger partial charge in [0.05, 0.1) is 6.54 Å². The minimum absolute atomic E-state index is 0.0375.